The van der Waals surface area contributed by atoms with E-state index in [1.165, 1.54) is 0 Å². The summed E-state index contributed by atoms with van der Waals surface area (Å²) in [4.78, 5) is 27.3. The van der Waals surface area contributed by atoms with Crippen LogP contribution in [0.1, 0.15) is 40.1 Å². The maximum absolute atomic E-state index is 11.8. The molecule has 1 aliphatic heterocycles. The first-order valence-corrected chi connectivity index (χ1v) is 7.52. The van der Waals surface area contributed by atoms with Crippen LogP contribution >= 0.6 is 11.3 Å². The highest BCUT2D eigenvalue weighted by Gasteiger charge is 2.19. The minimum atomic E-state index is -0.981. The normalized spacial score (nSPS) is 18.1. The lowest BCUT2D eigenvalue weighted by Gasteiger charge is -2.09. The van der Waals surface area contributed by atoms with Gasteiger partial charge in [0.25, 0.3) is 0 Å². The van der Waals surface area contributed by atoms with Crippen molar-refractivity contribution in [1.29, 1.82) is 0 Å². The van der Waals surface area contributed by atoms with Gasteiger partial charge in [-0.25, -0.2) is 9.78 Å². The summed E-state index contributed by atoms with van der Waals surface area (Å²) in [5, 5.41) is 12.4. The summed E-state index contributed by atoms with van der Waals surface area (Å²) in [7, 11) is 0. The van der Waals surface area contributed by atoms with Gasteiger partial charge in [-0.2, -0.15) is 0 Å². The van der Waals surface area contributed by atoms with E-state index in [0.29, 0.717) is 23.7 Å². The largest absolute Gasteiger partial charge is 0.477 e. The van der Waals surface area contributed by atoms with Gasteiger partial charge < -0.3 is 15.2 Å². The van der Waals surface area contributed by atoms with Crippen molar-refractivity contribution < 1.29 is 19.4 Å². The second-order valence-corrected chi connectivity index (χ2v) is 5.74. The second kappa shape index (κ2) is 6.81. The number of nitrogens with one attached hydrogen (secondary N) is 1. The first kappa shape index (κ1) is 14.9. The molecule has 1 aliphatic rings. The smallest absolute Gasteiger partial charge is 0.347 e. The van der Waals surface area contributed by atoms with Crippen LogP contribution in [0.25, 0.3) is 0 Å². The Balaban J connectivity index is 1.88. The standard InChI is InChI=1S/C13H18N2O4S/c1-2-9-12(13(17)18)20-11(15-9)6-10(16)14-7-8-4-3-5-19-8/h8H,2-7H2,1H3,(H,14,16)(H,17,18). The van der Waals surface area contributed by atoms with Gasteiger partial charge in [0.1, 0.15) is 9.88 Å². The van der Waals surface area contributed by atoms with E-state index in [1.807, 2.05) is 6.92 Å². The number of carbonyl (C=O) groups is 2. The number of hydrogen-bond acceptors (Lipinski definition) is 5. The molecule has 6 nitrogen and oxygen atoms in total. The zero-order chi connectivity index (χ0) is 14.5. The predicted molar refractivity (Wildman–Crippen MR) is 74.1 cm³/mol. The zero-order valence-corrected chi connectivity index (χ0v) is 12.2. The van der Waals surface area contributed by atoms with Crippen molar-refractivity contribution in [2.75, 3.05) is 13.2 Å². The molecule has 20 heavy (non-hydrogen) atoms. The van der Waals surface area contributed by atoms with Gasteiger partial charge in [-0.1, -0.05) is 6.92 Å². The molecule has 1 atom stereocenters. The second-order valence-electron chi connectivity index (χ2n) is 4.66. The van der Waals surface area contributed by atoms with E-state index in [4.69, 9.17) is 9.84 Å². The molecule has 2 N–H and O–H groups in total. The molecule has 0 radical (unpaired) electrons. The van der Waals surface area contributed by atoms with E-state index in [0.717, 1.165) is 30.8 Å². The minimum Gasteiger partial charge on any atom is -0.477 e. The van der Waals surface area contributed by atoms with Crippen LogP contribution in [-0.2, 0) is 22.4 Å². The number of carboxylic acid groups (broad SMARTS) is 1. The molecule has 0 saturated carbocycles. The van der Waals surface area contributed by atoms with Crippen molar-refractivity contribution in [3.63, 3.8) is 0 Å². The number of ether oxygens (including phenoxy) is 1. The van der Waals surface area contributed by atoms with E-state index in [-0.39, 0.29) is 23.3 Å². The average molecular weight is 298 g/mol. The lowest BCUT2D eigenvalue weighted by Crippen LogP contribution is -2.32. The van der Waals surface area contributed by atoms with Gasteiger partial charge in [-0.05, 0) is 19.3 Å². The van der Waals surface area contributed by atoms with Gasteiger partial charge in [0, 0.05) is 13.2 Å². The van der Waals surface area contributed by atoms with E-state index in [2.05, 4.69) is 10.3 Å². The Morgan fingerprint density at radius 3 is 2.90 bits per heavy atom. The van der Waals surface area contributed by atoms with Gasteiger partial charge in [0.05, 0.1) is 18.2 Å². The Labute approximate surface area is 121 Å². The number of amides is 1. The summed E-state index contributed by atoms with van der Waals surface area (Å²) >= 11 is 1.08. The molecule has 0 aliphatic carbocycles. The number of rotatable bonds is 6. The summed E-state index contributed by atoms with van der Waals surface area (Å²) in [6.45, 7) is 3.12. The van der Waals surface area contributed by atoms with Crippen LogP contribution in [0.15, 0.2) is 0 Å². The summed E-state index contributed by atoms with van der Waals surface area (Å²) in [6.07, 6.45) is 2.79. The highest BCUT2D eigenvalue weighted by Crippen LogP contribution is 2.19. The Morgan fingerprint density at radius 1 is 1.55 bits per heavy atom. The fourth-order valence-electron chi connectivity index (χ4n) is 2.12. The van der Waals surface area contributed by atoms with Crippen LogP contribution in [-0.4, -0.2) is 41.2 Å². The van der Waals surface area contributed by atoms with Crippen LogP contribution in [0.5, 0.6) is 0 Å². The van der Waals surface area contributed by atoms with E-state index in [1.54, 1.807) is 0 Å². The van der Waals surface area contributed by atoms with Gasteiger partial charge in [-0.15, -0.1) is 11.3 Å². The number of carbonyl (C=O) groups excluding carboxylic acids is 1. The maximum atomic E-state index is 11.8. The lowest BCUT2D eigenvalue weighted by molar-refractivity contribution is -0.120. The summed E-state index contributed by atoms with van der Waals surface area (Å²) < 4.78 is 5.42. The van der Waals surface area contributed by atoms with Crippen molar-refractivity contribution in [1.82, 2.24) is 10.3 Å². The van der Waals surface area contributed by atoms with Crippen molar-refractivity contribution in [3.05, 3.63) is 15.6 Å². The number of nitrogens with zero attached hydrogens (tertiary/aromatic N) is 1. The molecule has 1 aromatic heterocycles. The third-order valence-corrected chi connectivity index (χ3v) is 4.22. The van der Waals surface area contributed by atoms with Gasteiger partial charge >= 0.3 is 5.97 Å². The van der Waals surface area contributed by atoms with Crippen LogP contribution < -0.4 is 5.32 Å². The van der Waals surface area contributed by atoms with Crippen LogP contribution in [0.4, 0.5) is 0 Å². The molecule has 0 spiro atoms. The molecule has 1 saturated heterocycles. The molecule has 110 valence electrons. The fourth-order valence-corrected chi connectivity index (χ4v) is 3.11. The minimum absolute atomic E-state index is 0.107. The van der Waals surface area contributed by atoms with E-state index >= 15 is 0 Å². The number of hydrogen-bond donors (Lipinski definition) is 2. The fraction of sp³-hybridized carbons (Fsp3) is 0.615. The molecule has 2 heterocycles. The quantitative estimate of drug-likeness (QED) is 0.825. The molecule has 1 fully saturated rings. The van der Waals surface area contributed by atoms with Crippen molar-refractivity contribution in [2.45, 2.75) is 38.7 Å². The lowest BCUT2D eigenvalue weighted by atomic mass is 10.2. The molecular formula is C13H18N2O4S. The van der Waals surface area contributed by atoms with Gasteiger partial charge in [0.15, 0.2) is 0 Å². The highest BCUT2D eigenvalue weighted by molar-refractivity contribution is 7.13. The van der Waals surface area contributed by atoms with E-state index < -0.39 is 5.97 Å². The highest BCUT2D eigenvalue weighted by atomic mass is 32.1. The molecule has 0 bridgehead atoms. The summed E-state index contributed by atoms with van der Waals surface area (Å²) in [5.41, 5.74) is 0.546. The Hall–Kier alpha value is -1.47. The molecular weight excluding hydrogens is 280 g/mol. The maximum Gasteiger partial charge on any atom is 0.347 e. The third-order valence-electron chi connectivity index (χ3n) is 3.13. The number of aromatic carboxylic acids is 1. The molecule has 1 unspecified atom stereocenters. The van der Waals surface area contributed by atoms with Gasteiger partial charge in [0.2, 0.25) is 5.91 Å². The molecule has 0 aromatic carbocycles. The van der Waals surface area contributed by atoms with Gasteiger partial charge in [-0.3, -0.25) is 4.79 Å². The number of aromatic nitrogens is 1. The first-order valence-electron chi connectivity index (χ1n) is 6.70. The van der Waals surface area contributed by atoms with Crippen molar-refractivity contribution >= 4 is 23.2 Å². The molecule has 7 heteroatoms. The topological polar surface area (TPSA) is 88.5 Å². The van der Waals surface area contributed by atoms with Crippen molar-refractivity contribution in [2.24, 2.45) is 0 Å². The Bertz CT molecular complexity index is 495. The first-order chi connectivity index (χ1) is 9.60. The van der Waals surface area contributed by atoms with Crippen LogP contribution in [0, 0.1) is 0 Å². The number of thiazole rings is 1. The zero-order valence-electron chi connectivity index (χ0n) is 11.3. The molecule has 1 aromatic rings. The summed E-state index contributed by atoms with van der Waals surface area (Å²) in [5.74, 6) is -1.13. The summed E-state index contributed by atoms with van der Waals surface area (Å²) in [6, 6.07) is 0. The molecule has 1 amide bonds. The third kappa shape index (κ3) is 3.77. The monoisotopic (exact) mass is 298 g/mol. The number of carboxylic acids is 1. The Kier molecular flexibility index (Phi) is 5.08. The Morgan fingerprint density at radius 2 is 2.35 bits per heavy atom. The van der Waals surface area contributed by atoms with E-state index in [9.17, 15) is 9.59 Å². The molecule has 2 rings (SSSR count). The predicted octanol–water partition coefficient (Wildman–Crippen LogP) is 1.24. The SMILES string of the molecule is CCc1nc(CC(=O)NCC2CCCO2)sc1C(=O)O. The number of aryl methyl sites for hydroxylation is 1. The van der Waals surface area contributed by atoms with Crippen molar-refractivity contribution in [3.8, 4) is 0 Å². The van der Waals surface area contributed by atoms with Crippen LogP contribution in [0.2, 0.25) is 0 Å². The van der Waals surface area contributed by atoms with Crippen LogP contribution in [0.3, 0.4) is 0 Å². The average Bonchev–Trinajstić information content (AvgIpc) is 3.05.